The molecule has 3 heteroatoms. The van der Waals surface area contributed by atoms with Crippen molar-refractivity contribution in [3.8, 4) is 11.8 Å². The maximum atomic E-state index is 11.0. The first kappa shape index (κ1) is 27.8. The number of aliphatic hydroxyl groups excluding tert-OH is 3. The van der Waals surface area contributed by atoms with E-state index in [-0.39, 0.29) is 0 Å². The average Bonchev–Trinajstić information content (AvgIpc) is 3.22. The monoisotopic (exact) mass is 532 g/mol. The lowest BCUT2D eigenvalue weighted by molar-refractivity contribution is -0.0696. The second-order valence-corrected chi connectivity index (χ2v) is 15.3. The lowest BCUT2D eigenvalue weighted by Crippen LogP contribution is -2.47. The van der Waals surface area contributed by atoms with Crippen LogP contribution in [0.2, 0.25) is 0 Å². The fourth-order valence-electron chi connectivity index (χ4n) is 11.1. The molecule has 0 spiro atoms. The van der Waals surface area contributed by atoms with E-state index < -0.39 is 18.3 Å². The summed E-state index contributed by atoms with van der Waals surface area (Å²) in [6.45, 7) is 8.77. The number of hydrogen-bond acceptors (Lipinski definition) is 3. The van der Waals surface area contributed by atoms with E-state index in [1.807, 2.05) is 0 Å². The van der Waals surface area contributed by atoms with Crippen LogP contribution in [-0.2, 0) is 0 Å². The molecule has 7 saturated carbocycles. The van der Waals surface area contributed by atoms with Crippen molar-refractivity contribution < 1.29 is 15.3 Å². The Bertz CT molecular complexity index is 1020. The molecule has 2 unspecified atom stereocenters. The van der Waals surface area contributed by atoms with Gasteiger partial charge in [0.2, 0.25) is 0 Å². The van der Waals surface area contributed by atoms with E-state index in [1.165, 1.54) is 70.6 Å². The summed E-state index contributed by atoms with van der Waals surface area (Å²) in [4.78, 5) is 0. The van der Waals surface area contributed by atoms with Gasteiger partial charge in [-0.25, -0.2) is 0 Å². The Morgan fingerprint density at radius 3 is 2.28 bits per heavy atom. The zero-order valence-corrected chi connectivity index (χ0v) is 24.5. The van der Waals surface area contributed by atoms with Crippen molar-refractivity contribution in [2.45, 2.75) is 128 Å². The van der Waals surface area contributed by atoms with Crippen LogP contribution in [-0.4, -0.2) is 33.6 Å². The average molecular weight is 533 g/mol. The highest BCUT2D eigenvalue weighted by Crippen LogP contribution is 2.62. The van der Waals surface area contributed by atoms with Gasteiger partial charge in [-0.3, -0.25) is 0 Å². The number of fused-ring (bicyclic) bond motifs is 1. The van der Waals surface area contributed by atoms with Gasteiger partial charge in [-0.2, -0.15) is 0 Å². The first-order valence-electron chi connectivity index (χ1n) is 16.2. The summed E-state index contributed by atoms with van der Waals surface area (Å²) in [7, 11) is 0. The summed E-state index contributed by atoms with van der Waals surface area (Å²) in [5.74, 6) is 11.4. The zero-order chi connectivity index (χ0) is 27.4. The Morgan fingerprint density at radius 2 is 1.64 bits per heavy atom. The molecule has 0 aromatic rings. The summed E-state index contributed by atoms with van der Waals surface area (Å²) in [5.41, 5.74) is 3.97. The summed E-state index contributed by atoms with van der Waals surface area (Å²) < 4.78 is 0. The molecule has 0 aromatic heterocycles. The van der Waals surface area contributed by atoms with Crippen molar-refractivity contribution in [1.82, 2.24) is 0 Å². The molecule has 0 aliphatic heterocycles. The molecule has 7 rings (SSSR count). The van der Waals surface area contributed by atoms with E-state index in [2.05, 4.69) is 44.4 Å². The normalized spacial score (nSPS) is 45.6. The molecule has 7 fully saturated rings. The van der Waals surface area contributed by atoms with E-state index in [0.717, 1.165) is 36.2 Å². The van der Waals surface area contributed by atoms with E-state index in [4.69, 9.17) is 0 Å². The minimum Gasteiger partial charge on any atom is -0.388 e. The van der Waals surface area contributed by atoms with Crippen LogP contribution >= 0.6 is 0 Å². The standard InChI is InChI=1S/C36H52O3/c1-23(6-4-8-30(37)22-36-19-26-14-27(20-36)16-28(15-26)21-36)31-11-12-32-29(7-5-13-35(31,32)3)10-9-25-17-33(38)24(2)34(39)18-25/h9-10,23,26-28,30-34,37-39H,2,5-7,11-22H2,1,3H3/b29-10+/t23-,26?,27?,28?,30?,31-,32?,33-,34-,35-,36?/m1/s1. The van der Waals surface area contributed by atoms with Crippen LogP contribution in [0.3, 0.4) is 0 Å². The van der Waals surface area contributed by atoms with Gasteiger partial charge in [0.1, 0.15) is 6.10 Å². The van der Waals surface area contributed by atoms with Crippen molar-refractivity contribution in [3.63, 3.8) is 0 Å². The maximum absolute atomic E-state index is 11.0. The lowest BCUT2D eigenvalue weighted by atomic mass is 9.48. The van der Waals surface area contributed by atoms with E-state index >= 15 is 0 Å². The lowest BCUT2D eigenvalue weighted by Gasteiger charge is -2.57. The van der Waals surface area contributed by atoms with Crippen LogP contribution in [0.5, 0.6) is 0 Å². The van der Waals surface area contributed by atoms with Crippen molar-refractivity contribution >= 4 is 0 Å². The Balaban J connectivity index is 1.06. The smallest absolute Gasteiger partial charge is 0.115 e. The predicted octanol–water partition coefficient (Wildman–Crippen LogP) is 7.12. The highest BCUT2D eigenvalue weighted by atomic mass is 16.3. The Hall–Kier alpha value is -1.34. The van der Waals surface area contributed by atoms with Gasteiger partial charge in [-0.15, -0.1) is 5.92 Å². The van der Waals surface area contributed by atoms with E-state index in [0.29, 0.717) is 47.0 Å². The van der Waals surface area contributed by atoms with Gasteiger partial charge in [0.05, 0.1) is 12.2 Å². The summed E-state index contributed by atoms with van der Waals surface area (Å²) in [5, 5.41) is 31.4. The Morgan fingerprint density at radius 1 is 1.00 bits per heavy atom. The molecule has 4 bridgehead atoms. The van der Waals surface area contributed by atoms with Crippen LogP contribution in [0.15, 0.2) is 35.5 Å². The molecule has 7 aliphatic carbocycles. The Kier molecular flexibility index (Phi) is 7.71. The van der Waals surface area contributed by atoms with Gasteiger partial charge in [0.25, 0.3) is 0 Å². The number of rotatable bonds is 5. The van der Waals surface area contributed by atoms with Crippen LogP contribution in [0.4, 0.5) is 0 Å². The molecule has 7 aliphatic rings. The SMILES string of the molecule is C=C1[C@H](O)CC(=C/C=C2\CCC[C@@]3(C)C2CC[C@@H]3[C@H](C)CC#CC(O)CC23CC4CC(CC(C4)C2)C3)C[C@H]1O. The highest BCUT2D eigenvalue weighted by molar-refractivity contribution is 5.29. The summed E-state index contributed by atoms with van der Waals surface area (Å²) in [6, 6.07) is 0. The molecule has 0 radical (unpaired) electrons. The molecular formula is C36H52O3. The molecule has 39 heavy (non-hydrogen) atoms. The minimum atomic E-state index is -0.626. The first-order valence-corrected chi connectivity index (χ1v) is 16.2. The molecular weight excluding hydrogens is 480 g/mol. The molecule has 214 valence electrons. The second kappa shape index (κ2) is 10.8. The molecule has 0 heterocycles. The molecule has 7 atom stereocenters. The molecule has 3 N–H and O–H groups in total. The van der Waals surface area contributed by atoms with Crippen molar-refractivity contribution in [2.75, 3.05) is 0 Å². The highest BCUT2D eigenvalue weighted by Gasteiger charge is 2.52. The number of allylic oxidation sites excluding steroid dienone is 3. The van der Waals surface area contributed by atoms with Crippen LogP contribution in [0, 0.1) is 58.2 Å². The maximum Gasteiger partial charge on any atom is 0.115 e. The summed E-state index contributed by atoms with van der Waals surface area (Å²) in [6.07, 6.45) is 20.4. The van der Waals surface area contributed by atoms with Crippen LogP contribution in [0.1, 0.15) is 110 Å². The van der Waals surface area contributed by atoms with Crippen LogP contribution < -0.4 is 0 Å². The quantitative estimate of drug-likeness (QED) is 0.261. The van der Waals surface area contributed by atoms with Gasteiger partial charge in [-0.1, -0.05) is 49.6 Å². The van der Waals surface area contributed by atoms with Crippen molar-refractivity contribution in [1.29, 1.82) is 0 Å². The van der Waals surface area contributed by atoms with E-state index in [9.17, 15) is 15.3 Å². The Labute approximate surface area is 237 Å². The number of aliphatic hydroxyl groups is 3. The van der Waals surface area contributed by atoms with Gasteiger partial charge < -0.3 is 15.3 Å². The molecule has 0 saturated heterocycles. The second-order valence-electron chi connectivity index (χ2n) is 15.3. The fraction of sp³-hybridized carbons (Fsp3) is 0.778. The van der Waals surface area contributed by atoms with E-state index in [1.54, 1.807) is 5.57 Å². The number of hydrogen-bond donors (Lipinski definition) is 3. The molecule has 0 amide bonds. The summed E-state index contributed by atoms with van der Waals surface area (Å²) >= 11 is 0. The van der Waals surface area contributed by atoms with Crippen LogP contribution in [0.25, 0.3) is 0 Å². The van der Waals surface area contributed by atoms with Gasteiger partial charge in [-0.05, 0) is 142 Å². The molecule has 0 aromatic carbocycles. The first-order chi connectivity index (χ1) is 18.6. The molecule has 3 nitrogen and oxygen atoms in total. The fourth-order valence-corrected chi connectivity index (χ4v) is 11.1. The minimum absolute atomic E-state index is 0.321. The van der Waals surface area contributed by atoms with Gasteiger partial charge >= 0.3 is 0 Å². The van der Waals surface area contributed by atoms with Gasteiger partial charge in [0.15, 0.2) is 0 Å². The van der Waals surface area contributed by atoms with Crippen molar-refractivity contribution in [2.24, 2.45) is 46.3 Å². The third-order valence-electron chi connectivity index (χ3n) is 12.5. The van der Waals surface area contributed by atoms with Crippen molar-refractivity contribution in [3.05, 3.63) is 35.5 Å². The predicted molar refractivity (Wildman–Crippen MR) is 158 cm³/mol. The largest absolute Gasteiger partial charge is 0.388 e. The van der Waals surface area contributed by atoms with Gasteiger partial charge in [0, 0.05) is 6.42 Å². The topological polar surface area (TPSA) is 60.7 Å². The zero-order valence-electron chi connectivity index (χ0n) is 24.5. The third kappa shape index (κ3) is 5.48. The third-order valence-corrected chi connectivity index (χ3v) is 12.5.